The van der Waals surface area contributed by atoms with E-state index in [-0.39, 0.29) is 23.3 Å². The van der Waals surface area contributed by atoms with Crippen LogP contribution in [0.4, 0.5) is 13.2 Å². The Morgan fingerprint density at radius 3 is 2.74 bits per heavy atom. The predicted molar refractivity (Wildman–Crippen MR) is 135 cm³/mol. The van der Waals surface area contributed by atoms with E-state index in [4.69, 9.17) is 4.74 Å². The Morgan fingerprint density at radius 1 is 1.24 bits per heavy atom. The predicted octanol–water partition coefficient (Wildman–Crippen LogP) is 4.13. The number of likely N-dealkylation sites (N-methyl/N-ethyl adjacent to an activating group) is 2. The van der Waals surface area contributed by atoms with Gasteiger partial charge in [-0.3, -0.25) is 4.79 Å². The number of benzene rings is 2. The number of hydrogen-bond donors (Lipinski definition) is 2. The average molecular weight is 529 g/mol. The summed E-state index contributed by atoms with van der Waals surface area (Å²) in [4.78, 5) is 17.1. The van der Waals surface area contributed by atoms with Crippen molar-refractivity contribution >= 4 is 12.0 Å². The Bertz CT molecular complexity index is 1360. The topological polar surface area (TPSA) is 73.2 Å². The van der Waals surface area contributed by atoms with Gasteiger partial charge in [-0.1, -0.05) is 18.2 Å². The van der Waals surface area contributed by atoms with E-state index in [2.05, 4.69) is 4.90 Å². The van der Waals surface area contributed by atoms with E-state index in [1.807, 2.05) is 20.0 Å². The van der Waals surface area contributed by atoms with Crippen molar-refractivity contribution in [1.82, 2.24) is 9.80 Å². The molecule has 9 heteroatoms. The van der Waals surface area contributed by atoms with Gasteiger partial charge in [0.1, 0.15) is 5.60 Å². The van der Waals surface area contributed by atoms with Crippen LogP contribution in [0.3, 0.4) is 0 Å². The van der Waals surface area contributed by atoms with Gasteiger partial charge in [0, 0.05) is 24.7 Å². The molecule has 6 nitrogen and oxygen atoms in total. The zero-order valence-electron chi connectivity index (χ0n) is 21.5. The summed E-state index contributed by atoms with van der Waals surface area (Å²) in [6, 6.07) is 7.81. The van der Waals surface area contributed by atoms with Crippen molar-refractivity contribution in [1.29, 1.82) is 0 Å². The number of halogens is 3. The van der Waals surface area contributed by atoms with E-state index in [1.54, 1.807) is 18.0 Å². The molecular formula is C29H31F3N2O4. The first kappa shape index (κ1) is 25.2. The smallest absolute Gasteiger partial charge is 0.416 e. The molecule has 2 aliphatic heterocycles. The van der Waals surface area contributed by atoms with E-state index >= 15 is 0 Å². The number of carbonyl (C=O) groups is 1. The summed E-state index contributed by atoms with van der Waals surface area (Å²) in [6.45, 7) is 2.67. The Balaban J connectivity index is 1.37. The SMILES string of the molecule is CN1CC[C@]23c4c5ccc(O)c4O[C@@]2(C)[C@@H](N(C)C(=O)C=Cc2cccc(C(F)(F)F)c2)CC[C@@]3(O)[C@H]1C5. The van der Waals surface area contributed by atoms with Crippen molar-refractivity contribution < 1.29 is 32.9 Å². The molecular weight excluding hydrogens is 497 g/mol. The number of ether oxygens (including phenoxy) is 1. The molecule has 2 heterocycles. The molecule has 2 aromatic rings. The van der Waals surface area contributed by atoms with Gasteiger partial charge >= 0.3 is 6.18 Å². The van der Waals surface area contributed by atoms with Gasteiger partial charge in [-0.25, -0.2) is 0 Å². The number of carbonyl (C=O) groups excluding carboxylic acids is 1. The van der Waals surface area contributed by atoms with Crippen molar-refractivity contribution in [3.05, 3.63) is 64.7 Å². The van der Waals surface area contributed by atoms with Gasteiger partial charge in [0.2, 0.25) is 5.91 Å². The fourth-order valence-corrected chi connectivity index (χ4v) is 8.00. The number of rotatable bonds is 3. The van der Waals surface area contributed by atoms with Crippen LogP contribution in [0.2, 0.25) is 0 Å². The molecule has 0 unspecified atom stereocenters. The van der Waals surface area contributed by atoms with Crippen LogP contribution in [0.1, 0.15) is 48.4 Å². The molecule has 0 aromatic heterocycles. The number of amides is 1. The normalized spacial score (nSPS) is 33.7. The Labute approximate surface area is 219 Å². The molecule has 2 fully saturated rings. The van der Waals surface area contributed by atoms with Gasteiger partial charge in [0.05, 0.1) is 22.6 Å². The molecule has 1 saturated heterocycles. The number of hydrogen-bond acceptors (Lipinski definition) is 5. The van der Waals surface area contributed by atoms with Gasteiger partial charge in [-0.15, -0.1) is 0 Å². The molecule has 202 valence electrons. The van der Waals surface area contributed by atoms with E-state index < -0.39 is 34.4 Å². The largest absolute Gasteiger partial charge is 0.504 e. The van der Waals surface area contributed by atoms with Gasteiger partial charge in [-0.2, -0.15) is 13.2 Å². The molecule has 2 N–H and O–H groups in total. The minimum Gasteiger partial charge on any atom is -0.504 e. The van der Waals surface area contributed by atoms with Crippen molar-refractivity contribution in [3.8, 4) is 11.5 Å². The maximum absolute atomic E-state index is 13.4. The van der Waals surface area contributed by atoms with E-state index in [0.717, 1.165) is 29.8 Å². The van der Waals surface area contributed by atoms with Crippen molar-refractivity contribution in [3.63, 3.8) is 0 Å². The van der Waals surface area contributed by atoms with Crippen LogP contribution in [-0.2, 0) is 22.8 Å². The lowest BCUT2D eigenvalue weighted by Gasteiger charge is -2.67. The fraction of sp³-hybridized carbons (Fsp3) is 0.483. The van der Waals surface area contributed by atoms with Crippen LogP contribution < -0.4 is 4.74 Å². The second kappa shape index (κ2) is 7.99. The highest BCUT2D eigenvalue weighted by Crippen LogP contribution is 2.69. The van der Waals surface area contributed by atoms with Crippen LogP contribution in [0.15, 0.2) is 42.5 Å². The van der Waals surface area contributed by atoms with Crippen LogP contribution in [0, 0.1) is 0 Å². The lowest BCUT2D eigenvalue weighted by Crippen LogP contribution is -2.81. The fourth-order valence-electron chi connectivity index (χ4n) is 8.00. The summed E-state index contributed by atoms with van der Waals surface area (Å²) in [6.07, 6.45) is 0.375. The van der Waals surface area contributed by atoms with Gasteiger partial charge < -0.3 is 24.7 Å². The molecule has 2 aliphatic carbocycles. The average Bonchev–Trinajstić information content (AvgIpc) is 3.15. The van der Waals surface area contributed by atoms with Gasteiger partial charge in [-0.05, 0) is 81.6 Å². The first-order chi connectivity index (χ1) is 17.8. The molecule has 5 atom stereocenters. The van der Waals surface area contributed by atoms with Crippen molar-refractivity contribution in [2.75, 3.05) is 20.6 Å². The number of aliphatic hydroxyl groups is 1. The minimum absolute atomic E-state index is 0.0191. The second-order valence-electron chi connectivity index (χ2n) is 11.4. The van der Waals surface area contributed by atoms with Crippen LogP contribution in [-0.4, -0.2) is 69.8 Å². The molecule has 1 spiro atoms. The molecule has 6 rings (SSSR count). The summed E-state index contributed by atoms with van der Waals surface area (Å²) in [7, 11) is 3.69. The van der Waals surface area contributed by atoms with Crippen LogP contribution in [0.25, 0.3) is 6.08 Å². The maximum atomic E-state index is 13.4. The Morgan fingerprint density at radius 2 is 2.00 bits per heavy atom. The van der Waals surface area contributed by atoms with Crippen LogP contribution in [0.5, 0.6) is 11.5 Å². The highest BCUT2D eigenvalue weighted by Gasteiger charge is 2.78. The third kappa shape index (κ3) is 3.12. The third-order valence-electron chi connectivity index (χ3n) is 9.77. The quantitative estimate of drug-likeness (QED) is 0.587. The summed E-state index contributed by atoms with van der Waals surface area (Å²) >= 11 is 0. The highest BCUT2D eigenvalue weighted by molar-refractivity contribution is 5.92. The van der Waals surface area contributed by atoms with E-state index in [0.29, 0.717) is 31.4 Å². The molecule has 38 heavy (non-hydrogen) atoms. The number of aromatic hydroxyl groups is 1. The Kier molecular flexibility index (Phi) is 5.31. The van der Waals surface area contributed by atoms with E-state index in [9.17, 15) is 28.2 Å². The number of phenolic OH excluding ortho intramolecular Hbond substituents is 1. The molecule has 2 bridgehead atoms. The third-order valence-corrected chi connectivity index (χ3v) is 9.77. The number of alkyl halides is 3. The zero-order valence-corrected chi connectivity index (χ0v) is 21.5. The number of phenols is 1. The number of nitrogens with zero attached hydrogens (tertiary/aromatic N) is 2. The number of likely N-dealkylation sites (tertiary alicyclic amines) is 1. The molecule has 1 saturated carbocycles. The number of piperidine rings is 1. The van der Waals surface area contributed by atoms with Gasteiger partial charge in [0.15, 0.2) is 11.5 Å². The van der Waals surface area contributed by atoms with Crippen molar-refractivity contribution in [2.45, 2.75) is 67.5 Å². The molecule has 2 aromatic carbocycles. The monoisotopic (exact) mass is 528 g/mol. The van der Waals surface area contributed by atoms with Crippen molar-refractivity contribution in [2.24, 2.45) is 0 Å². The summed E-state index contributed by atoms with van der Waals surface area (Å²) < 4.78 is 46.0. The second-order valence-corrected chi connectivity index (χ2v) is 11.4. The molecule has 4 aliphatic rings. The maximum Gasteiger partial charge on any atom is 0.416 e. The molecule has 1 amide bonds. The summed E-state index contributed by atoms with van der Waals surface area (Å²) in [5, 5.41) is 23.2. The lowest BCUT2D eigenvalue weighted by atomic mass is 9.44. The van der Waals surface area contributed by atoms with Crippen LogP contribution >= 0.6 is 0 Å². The summed E-state index contributed by atoms with van der Waals surface area (Å²) in [5.74, 6) is 0.0316. The lowest BCUT2D eigenvalue weighted by molar-refractivity contribution is -0.226. The highest BCUT2D eigenvalue weighted by atomic mass is 19.4. The standard InChI is InChI=1S/C29H31F3N2O4/c1-26-21(34(3)23(36)10-7-17-5-4-6-19(15-17)29(30,31)32)11-12-28(37)22-16-18-8-9-20(35)25(38-26)24(18)27(26,28)13-14-33(22)2/h4-10,15,21-22,35,37H,11-14,16H2,1-3H3/t21-,22+,26-,27-,28+/m0/s1. The van der Waals surface area contributed by atoms with Gasteiger partial charge in [0.25, 0.3) is 0 Å². The summed E-state index contributed by atoms with van der Waals surface area (Å²) in [5.41, 5.74) is -1.55. The zero-order chi connectivity index (χ0) is 27.3. The van der Waals surface area contributed by atoms with E-state index in [1.165, 1.54) is 24.3 Å². The Hall–Kier alpha value is -3.04. The first-order valence-corrected chi connectivity index (χ1v) is 12.9. The first-order valence-electron chi connectivity index (χ1n) is 12.9. The minimum atomic E-state index is -4.47. The molecule has 0 radical (unpaired) electrons.